The van der Waals surface area contributed by atoms with Crippen LogP contribution >= 0.6 is 0 Å². The van der Waals surface area contributed by atoms with E-state index in [0.29, 0.717) is 23.3 Å². The first-order valence-electron chi connectivity index (χ1n) is 11.7. The number of nitrogens with one attached hydrogen (secondary N) is 1. The number of benzene rings is 2. The highest BCUT2D eigenvalue weighted by Crippen LogP contribution is 2.24. The number of hydrogen-bond acceptors (Lipinski definition) is 3. The third kappa shape index (κ3) is 4.40. The Morgan fingerprint density at radius 1 is 1.16 bits per heavy atom. The normalized spacial score (nSPS) is 15.5. The molecule has 1 heterocycles. The van der Waals surface area contributed by atoms with Crippen LogP contribution in [0.5, 0.6) is 0 Å². The lowest BCUT2D eigenvalue weighted by molar-refractivity contribution is 0.172. The molecule has 0 bridgehead atoms. The molecule has 2 aromatic carbocycles. The van der Waals surface area contributed by atoms with Crippen molar-refractivity contribution < 1.29 is 4.79 Å². The van der Waals surface area contributed by atoms with E-state index in [1.807, 2.05) is 63.2 Å². The summed E-state index contributed by atoms with van der Waals surface area (Å²) >= 11 is 0. The predicted molar refractivity (Wildman–Crippen MR) is 128 cm³/mol. The molecule has 1 aromatic heterocycles. The summed E-state index contributed by atoms with van der Waals surface area (Å²) in [7, 11) is 0. The summed E-state index contributed by atoms with van der Waals surface area (Å²) in [5, 5.41) is 3.78. The molecule has 0 saturated heterocycles. The number of aryl methyl sites for hydroxylation is 1. The number of hydrogen-bond donors (Lipinski definition) is 1. The van der Waals surface area contributed by atoms with E-state index >= 15 is 0 Å². The number of nitrogens with zero attached hydrogens (tertiary/aromatic N) is 3. The number of para-hydroxylation sites is 1. The van der Waals surface area contributed by atoms with Crippen LogP contribution in [-0.4, -0.2) is 33.1 Å². The predicted octanol–water partition coefficient (Wildman–Crippen LogP) is 5.12. The molecule has 0 spiro atoms. The topological polar surface area (TPSA) is 67.2 Å². The summed E-state index contributed by atoms with van der Waals surface area (Å²) in [6.07, 6.45) is 5.61. The van der Waals surface area contributed by atoms with E-state index in [1.54, 1.807) is 15.5 Å². The zero-order valence-electron chi connectivity index (χ0n) is 19.2. The molecule has 1 atom stereocenters. The largest absolute Gasteiger partial charge is 0.335 e. The fourth-order valence-corrected chi connectivity index (χ4v) is 4.68. The van der Waals surface area contributed by atoms with Gasteiger partial charge >= 0.3 is 6.03 Å². The van der Waals surface area contributed by atoms with E-state index in [0.717, 1.165) is 36.9 Å². The van der Waals surface area contributed by atoms with Gasteiger partial charge in [-0.2, -0.15) is 0 Å². The van der Waals surface area contributed by atoms with Crippen LogP contribution in [-0.2, 0) is 0 Å². The maximum Gasteiger partial charge on any atom is 0.318 e. The molecule has 1 saturated carbocycles. The highest BCUT2D eigenvalue weighted by Gasteiger charge is 2.27. The second-order valence-electron chi connectivity index (χ2n) is 8.71. The second kappa shape index (κ2) is 9.55. The molecule has 6 heteroatoms. The van der Waals surface area contributed by atoms with E-state index in [2.05, 4.69) is 5.32 Å². The van der Waals surface area contributed by atoms with Gasteiger partial charge < -0.3 is 10.2 Å². The summed E-state index contributed by atoms with van der Waals surface area (Å²) in [5.41, 5.74) is 2.35. The van der Waals surface area contributed by atoms with Crippen molar-refractivity contribution in [3.63, 3.8) is 0 Å². The highest BCUT2D eigenvalue weighted by atomic mass is 16.2. The van der Waals surface area contributed by atoms with Crippen LogP contribution < -0.4 is 10.9 Å². The number of amides is 2. The molecule has 1 N–H and O–H groups in total. The van der Waals surface area contributed by atoms with Crippen molar-refractivity contribution in [3.05, 3.63) is 70.3 Å². The minimum atomic E-state index is -0.374. The Labute approximate surface area is 189 Å². The number of carbonyl (C=O) groups is 1. The molecule has 0 radical (unpaired) electrons. The zero-order valence-corrected chi connectivity index (χ0v) is 19.2. The first kappa shape index (κ1) is 22.1. The third-order valence-electron chi connectivity index (χ3n) is 6.44. The minimum absolute atomic E-state index is 0.0925. The number of rotatable bonds is 5. The van der Waals surface area contributed by atoms with Gasteiger partial charge in [0, 0.05) is 12.6 Å². The quantitative estimate of drug-likeness (QED) is 0.608. The van der Waals surface area contributed by atoms with Gasteiger partial charge in [0.2, 0.25) is 0 Å². The first-order valence-corrected chi connectivity index (χ1v) is 11.7. The minimum Gasteiger partial charge on any atom is -0.335 e. The summed E-state index contributed by atoms with van der Waals surface area (Å²) in [6, 6.07) is 15.0. The average molecular weight is 433 g/mol. The molecule has 1 aliphatic carbocycles. The molecule has 1 aliphatic rings. The Kier molecular flexibility index (Phi) is 6.58. The van der Waals surface area contributed by atoms with Gasteiger partial charge in [-0.1, -0.05) is 43.5 Å². The SMILES string of the molecule is CCN(C(=O)NC1CCCCC1)C(C)c1nc2ccccc2c(=O)n1-c1cccc(C)c1. The van der Waals surface area contributed by atoms with Crippen molar-refractivity contribution in [2.24, 2.45) is 0 Å². The van der Waals surface area contributed by atoms with Gasteiger partial charge in [0.25, 0.3) is 5.56 Å². The van der Waals surface area contributed by atoms with Gasteiger partial charge in [-0.15, -0.1) is 0 Å². The fraction of sp³-hybridized carbons (Fsp3) is 0.423. The van der Waals surface area contributed by atoms with Gasteiger partial charge in [0.15, 0.2) is 0 Å². The first-order chi connectivity index (χ1) is 15.5. The number of urea groups is 1. The molecule has 6 nitrogen and oxygen atoms in total. The molecule has 1 unspecified atom stereocenters. The molecule has 1 fully saturated rings. The van der Waals surface area contributed by atoms with Crippen LogP contribution in [0.1, 0.15) is 63.4 Å². The maximum atomic E-state index is 13.6. The highest BCUT2D eigenvalue weighted by molar-refractivity contribution is 5.78. The fourth-order valence-electron chi connectivity index (χ4n) is 4.68. The van der Waals surface area contributed by atoms with Crippen molar-refractivity contribution in [3.8, 4) is 5.69 Å². The standard InChI is InChI=1S/C26H32N4O2/c1-4-29(26(32)27-20-12-6-5-7-13-20)19(3)24-28-23-16-9-8-15-22(23)25(31)30(24)21-14-10-11-18(2)17-21/h8-11,14-17,19-20H,4-7,12-13H2,1-3H3,(H,27,32). The van der Waals surface area contributed by atoms with Gasteiger partial charge in [0.05, 0.1) is 22.6 Å². The van der Waals surface area contributed by atoms with Crippen LogP contribution in [0.2, 0.25) is 0 Å². The molecular weight excluding hydrogens is 400 g/mol. The number of aromatic nitrogens is 2. The van der Waals surface area contributed by atoms with Crippen LogP contribution in [0, 0.1) is 6.92 Å². The van der Waals surface area contributed by atoms with Crippen molar-refractivity contribution >= 4 is 16.9 Å². The number of carbonyl (C=O) groups excluding carboxylic acids is 1. The lowest BCUT2D eigenvalue weighted by atomic mass is 9.96. The maximum absolute atomic E-state index is 13.6. The Morgan fingerprint density at radius 2 is 1.91 bits per heavy atom. The molecule has 2 amide bonds. The van der Waals surface area contributed by atoms with Crippen LogP contribution in [0.3, 0.4) is 0 Å². The van der Waals surface area contributed by atoms with Crippen molar-refractivity contribution in [1.82, 2.24) is 19.8 Å². The Bertz CT molecular complexity index is 1160. The molecule has 4 rings (SSSR count). The van der Waals surface area contributed by atoms with Crippen LogP contribution in [0.25, 0.3) is 16.6 Å². The molecule has 32 heavy (non-hydrogen) atoms. The van der Waals surface area contributed by atoms with E-state index in [4.69, 9.17) is 4.98 Å². The molecule has 168 valence electrons. The van der Waals surface area contributed by atoms with Crippen LogP contribution in [0.15, 0.2) is 53.3 Å². The number of fused-ring (bicyclic) bond motifs is 1. The monoisotopic (exact) mass is 432 g/mol. The van der Waals surface area contributed by atoms with E-state index in [1.165, 1.54) is 6.42 Å². The van der Waals surface area contributed by atoms with Gasteiger partial charge in [-0.3, -0.25) is 9.36 Å². The lowest BCUT2D eigenvalue weighted by Gasteiger charge is -2.32. The third-order valence-corrected chi connectivity index (χ3v) is 6.44. The van der Waals surface area contributed by atoms with E-state index in [-0.39, 0.29) is 23.7 Å². The Hall–Kier alpha value is -3.15. The second-order valence-corrected chi connectivity index (χ2v) is 8.71. The van der Waals surface area contributed by atoms with Crippen molar-refractivity contribution in [2.75, 3.05) is 6.54 Å². The smallest absolute Gasteiger partial charge is 0.318 e. The van der Waals surface area contributed by atoms with Crippen molar-refractivity contribution in [2.45, 2.75) is 65.0 Å². The summed E-state index contributed by atoms with van der Waals surface area (Å²) in [5.74, 6) is 0.569. The summed E-state index contributed by atoms with van der Waals surface area (Å²) < 4.78 is 1.66. The zero-order chi connectivity index (χ0) is 22.7. The molecular formula is C26H32N4O2. The van der Waals surface area contributed by atoms with Gasteiger partial charge in [-0.25, -0.2) is 9.78 Å². The Balaban J connectivity index is 1.78. The van der Waals surface area contributed by atoms with Crippen LogP contribution in [0.4, 0.5) is 4.79 Å². The summed E-state index contributed by atoms with van der Waals surface area (Å²) in [6.45, 7) is 6.44. The Morgan fingerprint density at radius 3 is 2.62 bits per heavy atom. The average Bonchev–Trinajstić information content (AvgIpc) is 2.80. The van der Waals surface area contributed by atoms with Gasteiger partial charge in [0.1, 0.15) is 5.82 Å². The summed E-state index contributed by atoms with van der Waals surface area (Å²) in [4.78, 5) is 33.4. The molecule has 3 aromatic rings. The van der Waals surface area contributed by atoms with E-state index in [9.17, 15) is 9.59 Å². The van der Waals surface area contributed by atoms with Crippen molar-refractivity contribution in [1.29, 1.82) is 0 Å². The molecule has 0 aliphatic heterocycles. The van der Waals surface area contributed by atoms with E-state index < -0.39 is 0 Å². The lowest BCUT2D eigenvalue weighted by Crippen LogP contribution is -2.47. The van der Waals surface area contributed by atoms with Gasteiger partial charge in [-0.05, 0) is 63.4 Å².